The number of carboxylic acid groups (broad SMARTS) is 1. The standard InChI is InChI=1S/C13H16N2O4S/c1-10(2)8-15(9-13(16)17)20(18,19)12-6-4-3-5-11(12)7-14/h3-6,10H,8-9H2,1-2H3,(H,16,17). The quantitative estimate of drug-likeness (QED) is 0.852. The van der Waals surface area contributed by atoms with Crippen molar-refractivity contribution in [2.45, 2.75) is 18.7 Å². The number of carboxylic acids is 1. The molecule has 0 aliphatic carbocycles. The second-order valence-electron chi connectivity index (χ2n) is 4.69. The second-order valence-corrected chi connectivity index (χ2v) is 6.60. The number of carbonyl (C=O) groups is 1. The van der Waals surface area contributed by atoms with Crippen LogP contribution in [0.15, 0.2) is 29.2 Å². The van der Waals surface area contributed by atoms with Gasteiger partial charge in [0.05, 0.1) is 10.5 Å². The van der Waals surface area contributed by atoms with E-state index in [2.05, 4.69) is 0 Å². The van der Waals surface area contributed by atoms with Gasteiger partial charge in [0, 0.05) is 6.54 Å². The van der Waals surface area contributed by atoms with Crippen molar-refractivity contribution < 1.29 is 18.3 Å². The summed E-state index contributed by atoms with van der Waals surface area (Å²) in [6.07, 6.45) is 0. The van der Waals surface area contributed by atoms with Crippen molar-refractivity contribution in [3.8, 4) is 6.07 Å². The van der Waals surface area contributed by atoms with Crippen LogP contribution in [-0.2, 0) is 14.8 Å². The highest BCUT2D eigenvalue weighted by Gasteiger charge is 2.29. The number of aliphatic carboxylic acids is 1. The van der Waals surface area contributed by atoms with Crippen molar-refractivity contribution >= 4 is 16.0 Å². The summed E-state index contributed by atoms with van der Waals surface area (Å²) in [5, 5.41) is 17.8. The average molecular weight is 296 g/mol. The van der Waals surface area contributed by atoms with Crippen LogP contribution in [0.3, 0.4) is 0 Å². The van der Waals surface area contributed by atoms with Crippen molar-refractivity contribution in [2.75, 3.05) is 13.1 Å². The number of rotatable bonds is 6. The fourth-order valence-electron chi connectivity index (χ4n) is 1.73. The Morgan fingerprint density at radius 3 is 2.50 bits per heavy atom. The first-order valence-corrected chi connectivity index (χ1v) is 7.44. The lowest BCUT2D eigenvalue weighted by atomic mass is 10.2. The molecule has 0 bridgehead atoms. The van der Waals surface area contributed by atoms with E-state index < -0.39 is 22.5 Å². The van der Waals surface area contributed by atoms with Gasteiger partial charge in [-0.1, -0.05) is 26.0 Å². The van der Waals surface area contributed by atoms with Gasteiger partial charge in [0.1, 0.15) is 12.6 Å². The van der Waals surface area contributed by atoms with Crippen LogP contribution in [0, 0.1) is 17.2 Å². The molecule has 0 amide bonds. The number of benzene rings is 1. The van der Waals surface area contributed by atoms with Gasteiger partial charge < -0.3 is 5.11 Å². The Kier molecular flexibility index (Phi) is 5.25. The Balaban J connectivity index is 3.29. The van der Waals surface area contributed by atoms with Gasteiger partial charge in [-0.3, -0.25) is 4.79 Å². The summed E-state index contributed by atoms with van der Waals surface area (Å²) in [7, 11) is -4.00. The molecule has 6 nitrogen and oxygen atoms in total. The smallest absolute Gasteiger partial charge is 0.318 e. The van der Waals surface area contributed by atoms with Crippen molar-refractivity contribution in [2.24, 2.45) is 5.92 Å². The summed E-state index contributed by atoms with van der Waals surface area (Å²) in [4.78, 5) is 10.7. The molecule has 0 spiro atoms. The molecule has 1 aromatic rings. The van der Waals surface area contributed by atoms with E-state index in [0.717, 1.165) is 4.31 Å². The van der Waals surface area contributed by atoms with E-state index >= 15 is 0 Å². The monoisotopic (exact) mass is 296 g/mol. The van der Waals surface area contributed by atoms with E-state index in [0.29, 0.717) is 0 Å². The lowest BCUT2D eigenvalue weighted by Crippen LogP contribution is -2.38. The highest BCUT2D eigenvalue weighted by Crippen LogP contribution is 2.20. The molecule has 0 fully saturated rings. The van der Waals surface area contributed by atoms with E-state index in [-0.39, 0.29) is 22.9 Å². The zero-order valence-electron chi connectivity index (χ0n) is 11.3. The summed E-state index contributed by atoms with van der Waals surface area (Å²) in [5.41, 5.74) is 0.00615. The number of hydrogen-bond acceptors (Lipinski definition) is 4. The molecule has 0 heterocycles. The topological polar surface area (TPSA) is 98.5 Å². The third kappa shape index (κ3) is 3.79. The third-order valence-corrected chi connectivity index (χ3v) is 4.38. The first-order valence-electron chi connectivity index (χ1n) is 6.00. The number of nitriles is 1. The Labute approximate surface area is 118 Å². The fourth-order valence-corrected chi connectivity index (χ4v) is 3.42. The molecule has 0 aliphatic heterocycles. The predicted molar refractivity (Wildman–Crippen MR) is 72.4 cm³/mol. The molecule has 0 saturated carbocycles. The van der Waals surface area contributed by atoms with Gasteiger partial charge in [-0.05, 0) is 18.1 Å². The Hall–Kier alpha value is -1.91. The molecule has 0 radical (unpaired) electrons. The zero-order valence-corrected chi connectivity index (χ0v) is 12.1. The third-order valence-electron chi connectivity index (χ3n) is 2.51. The molecule has 0 unspecified atom stereocenters. The Bertz CT molecular complexity index is 632. The number of sulfonamides is 1. The van der Waals surface area contributed by atoms with E-state index in [4.69, 9.17) is 10.4 Å². The van der Waals surface area contributed by atoms with Crippen LogP contribution in [-0.4, -0.2) is 36.9 Å². The minimum atomic E-state index is -4.00. The molecule has 0 aliphatic rings. The van der Waals surface area contributed by atoms with Gasteiger partial charge in [-0.25, -0.2) is 8.42 Å². The highest BCUT2D eigenvalue weighted by atomic mass is 32.2. The second kappa shape index (κ2) is 6.50. The largest absolute Gasteiger partial charge is 0.480 e. The van der Waals surface area contributed by atoms with E-state index in [1.807, 2.05) is 6.07 Å². The van der Waals surface area contributed by atoms with Gasteiger partial charge >= 0.3 is 5.97 Å². The Morgan fingerprint density at radius 2 is 2.00 bits per heavy atom. The number of nitrogens with zero attached hydrogens (tertiary/aromatic N) is 2. The maximum Gasteiger partial charge on any atom is 0.318 e. The molecular weight excluding hydrogens is 280 g/mol. The summed E-state index contributed by atoms with van der Waals surface area (Å²) in [5.74, 6) is -1.26. The van der Waals surface area contributed by atoms with Crippen molar-refractivity contribution in [3.63, 3.8) is 0 Å². The fraction of sp³-hybridized carbons (Fsp3) is 0.385. The molecule has 0 saturated heterocycles. The predicted octanol–water partition coefficient (Wildman–Crippen LogP) is 1.29. The highest BCUT2D eigenvalue weighted by molar-refractivity contribution is 7.89. The van der Waals surface area contributed by atoms with Crippen molar-refractivity contribution in [3.05, 3.63) is 29.8 Å². The van der Waals surface area contributed by atoms with Gasteiger partial charge in [0.2, 0.25) is 10.0 Å². The lowest BCUT2D eigenvalue weighted by molar-refractivity contribution is -0.137. The van der Waals surface area contributed by atoms with Crippen LogP contribution in [0.2, 0.25) is 0 Å². The summed E-state index contributed by atoms with van der Waals surface area (Å²) < 4.78 is 25.9. The minimum Gasteiger partial charge on any atom is -0.480 e. The minimum absolute atomic E-state index is 0.00615. The maximum absolute atomic E-state index is 12.5. The van der Waals surface area contributed by atoms with Gasteiger partial charge in [-0.2, -0.15) is 9.57 Å². The molecule has 1 rings (SSSR count). The summed E-state index contributed by atoms with van der Waals surface area (Å²) in [6.45, 7) is 3.04. The molecular formula is C13H16N2O4S. The summed E-state index contributed by atoms with van der Waals surface area (Å²) in [6, 6.07) is 7.57. The first-order chi connectivity index (χ1) is 9.28. The lowest BCUT2D eigenvalue weighted by Gasteiger charge is -2.22. The van der Waals surface area contributed by atoms with E-state index in [1.165, 1.54) is 18.2 Å². The van der Waals surface area contributed by atoms with Crippen molar-refractivity contribution in [1.82, 2.24) is 4.31 Å². The van der Waals surface area contributed by atoms with E-state index in [9.17, 15) is 13.2 Å². The van der Waals surface area contributed by atoms with E-state index in [1.54, 1.807) is 19.9 Å². The van der Waals surface area contributed by atoms with Crippen LogP contribution in [0.5, 0.6) is 0 Å². The maximum atomic E-state index is 12.5. The SMILES string of the molecule is CC(C)CN(CC(=O)O)S(=O)(=O)c1ccccc1C#N. The normalized spacial score (nSPS) is 11.6. The van der Waals surface area contributed by atoms with Crippen LogP contribution in [0.4, 0.5) is 0 Å². The molecule has 20 heavy (non-hydrogen) atoms. The van der Waals surface area contributed by atoms with Crippen molar-refractivity contribution in [1.29, 1.82) is 5.26 Å². The summed E-state index contributed by atoms with van der Waals surface area (Å²) >= 11 is 0. The molecule has 0 atom stereocenters. The molecule has 0 aromatic heterocycles. The van der Waals surface area contributed by atoms with Gasteiger partial charge in [0.15, 0.2) is 0 Å². The van der Waals surface area contributed by atoms with Gasteiger partial charge in [0.25, 0.3) is 0 Å². The first kappa shape index (κ1) is 16.1. The van der Waals surface area contributed by atoms with Crippen LogP contribution in [0.25, 0.3) is 0 Å². The average Bonchev–Trinajstić information content (AvgIpc) is 2.36. The number of hydrogen-bond donors (Lipinski definition) is 1. The molecule has 1 aromatic carbocycles. The van der Waals surface area contributed by atoms with Crippen LogP contribution < -0.4 is 0 Å². The van der Waals surface area contributed by atoms with Gasteiger partial charge in [-0.15, -0.1) is 0 Å². The van der Waals surface area contributed by atoms with Crippen LogP contribution >= 0.6 is 0 Å². The molecule has 108 valence electrons. The Morgan fingerprint density at radius 1 is 1.40 bits per heavy atom. The molecule has 1 N–H and O–H groups in total. The molecule has 7 heteroatoms. The zero-order chi connectivity index (χ0) is 15.3. The van der Waals surface area contributed by atoms with Crippen LogP contribution in [0.1, 0.15) is 19.4 Å².